The van der Waals surface area contributed by atoms with E-state index in [2.05, 4.69) is 4.98 Å². The van der Waals surface area contributed by atoms with Crippen molar-refractivity contribution in [2.24, 2.45) is 0 Å². The van der Waals surface area contributed by atoms with Crippen LogP contribution in [0.4, 0.5) is 0 Å². The minimum atomic E-state index is 0.363. The van der Waals surface area contributed by atoms with Crippen molar-refractivity contribution in [1.82, 2.24) is 4.98 Å². The summed E-state index contributed by atoms with van der Waals surface area (Å²) in [7, 11) is 0. The summed E-state index contributed by atoms with van der Waals surface area (Å²) in [6, 6.07) is 3.13. The highest BCUT2D eigenvalue weighted by Crippen LogP contribution is 2.05. The molecule has 0 spiro atoms. The molecule has 0 aromatic carbocycles. The molecule has 1 aromatic rings. The van der Waals surface area contributed by atoms with Crippen LogP contribution in [0.5, 0.6) is 0 Å². The first-order chi connectivity index (χ1) is 5.33. The molecule has 0 saturated carbocycles. The van der Waals surface area contributed by atoms with Crippen LogP contribution in [-0.4, -0.2) is 11.3 Å². The van der Waals surface area contributed by atoms with Crippen molar-refractivity contribution in [3.63, 3.8) is 0 Å². The molecule has 1 heterocycles. The van der Waals surface area contributed by atoms with Crippen LogP contribution in [0.2, 0.25) is 5.02 Å². The van der Waals surface area contributed by atoms with Gasteiger partial charge in [0, 0.05) is 11.2 Å². The van der Waals surface area contributed by atoms with Crippen LogP contribution < -0.4 is 0 Å². The molecular weight excluding hydrogens is 162 g/mol. The number of hydrogen-bond donors (Lipinski definition) is 0. The van der Waals surface area contributed by atoms with Gasteiger partial charge in [-0.2, -0.15) is 0 Å². The lowest BCUT2D eigenvalue weighted by molar-refractivity contribution is 0.111. The van der Waals surface area contributed by atoms with Crippen LogP contribution in [0.25, 0.3) is 0 Å². The molecule has 60 valence electrons. The molecule has 0 atom stereocenters. The maximum Gasteiger partial charge on any atom is 0.168 e. The molecule has 1 aromatic heterocycles. The van der Waals surface area contributed by atoms with Crippen molar-refractivity contribution < 1.29 is 4.79 Å². The molecule has 1 rings (SSSR count). The van der Waals surface area contributed by atoms with Gasteiger partial charge < -0.3 is 0 Å². The number of pyridine rings is 1. The van der Waals surface area contributed by atoms with Gasteiger partial charge in [-0.15, -0.1) is 0 Å². The lowest BCUT2D eigenvalue weighted by Gasteiger charge is -1.87. The second-order valence-electron chi connectivity index (χ2n) is 1.52. The molecule has 0 fully saturated rings. The number of carbonyl (C=O) groups excluding carboxylic acids is 1. The van der Waals surface area contributed by atoms with Crippen LogP contribution in [0.1, 0.15) is 24.3 Å². The third-order valence-electron chi connectivity index (χ3n) is 0.864. The van der Waals surface area contributed by atoms with Gasteiger partial charge in [0.25, 0.3) is 0 Å². The van der Waals surface area contributed by atoms with E-state index in [0.717, 1.165) is 0 Å². The summed E-state index contributed by atoms with van der Waals surface area (Å²) in [5.74, 6) is 0. The van der Waals surface area contributed by atoms with Gasteiger partial charge in [-0.05, 0) is 12.1 Å². The molecule has 0 amide bonds. The zero-order valence-corrected chi connectivity index (χ0v) is 7.30. The first-order valence-corrected chi connectivity index (χ1v) is 3.77. The zero-order chi connectivity index (χ0) is 8.69. The summed E-state index contributed by atoms with van der Waals surface area (Å²) in [6.45, 7) is 4.00. The highest BCUT2D eigenvalue weighted by Gasteiger charge is 1.89. The van der Waals surface area contributed by atoms with E-state index < -0.39 is 0 Å². The van der Waals surface area contributed by atoms with Gasteiger partial charge in [-0.1, -0.05) is 25.4 Å². The Kier molecular flexibility index (Phi) is 5.39. The van der Waals surface area contributed by atoms with Crippen LogP contribution >= 0.6 is 11.6 Å². The van der Waals surface area contributed by atoms with Gasteiger partial charge in [0.1, 0.15) is 5.69 Å². The van der Waals surface area contributed by atoms with Crippen molar-refractivity contribution in [2.75, 3.05) is 0 Å². The fourth-order valence-corrected chi connectivity index (χ4v) is 0.654. The molecule has 0 unspecified atom stereocenters. The maximum absolute atomic E-state index is 10.0. The van der Waals surface area contributed by atoms with Crippen molar-refractivity contribution >= 4 is 17.9 Å². The Bertz CT molecular complexity index is 225. The normalized spacial score (nSPS) is 7.91. The first kappa shape index (κ1) is 10.1. The zero-order valence-electron chi connectivity index (χ0n) is 6.54. The Hall–Kier alpha value is -0.890. The summed E-state index contributed by atoms with van der Waals surface area (Å²) in [5, 5.41) is 0.534. The second kappa shape index (κ2) is 5.86. The van der Waals surface area contributed by atoms with E-state index >= 15 is 0 Å². The summed E-state index contributed by atoms with van der Waals surface area (Å²) in [5.41, 5.74) is 0.363. The van der Waals surface area contributed by atoms with E-state index in [4.69, 9.17) is 11.6 Å². The highest BCUT2D eigenvalue weighted by molar-refractivity contribution is 6.30. The number of hydrogen-bond acceptors (Lipinski definition) is 2. The Morgan fingerprint density at radius 2 is 2.18 bits per heavy atom. The Balaban J connectivity index is 0.000000461. The molecule has 0 aliphatic carbocycles. The van der Waals surface area contributed by atoms with Crippen LogP contribution in [0, 0.1) is 0 Å². The number of aldehydes is 1. The number of rotatable bonds is 1. The number of aromatic nitrogens is 1. The fraction of sp³-hybridized carbons (Fsp3) is 0.250. The lowest BCUT2D eigenvalue weighted by Crippen LogP contribution is -1.82. The molecule has 0 N–H and O–H groups in total. The molecular formula is C8H10ClNO. The van der Waals surface area contributed by atoms with Gasteiger partial charge in [-0.25, -0.2) is 0 Å². The average Bonchev–Trinajstić information content (AvgIpc) is 2.08. The van der Waals surface area contributed by atoms with Gasteiger partial charge in [0.15, 0.2) is 6.29 Å². The van der Waals surface area contributed by atoms with E-state index in [9.17, 15) is 4.79 Å². The predicted octanol–water partition coefficient (Wildman–Crippen LogP) is 2.57. The number of nitrogens with zero attached hydrogens (tertiary/aromatic N) is 1. The summed E-state index contributed by atoms with van der Waals surface area (Å²) >= 11 is 5.52. The first-order valence-electron chi connectivity index (χ1n) is 3.39. The minimum Gasteiger partial charge on any atom is -0.296 e. The molecule has 0 radical (unpaired) electrons. The quantitative estimate of drug-likeness (QED) is 0.608. The third kappa shape index (κ3) is 3.73. The SMILES string of the molecule is CC.O=Cc1cc(Cl)ccn1. The van der Waals surface area contributed by atoms with Crippen molar-refractivity contribution in [2.45, 2.75) is 13.8 Å². The van der Waals surface area contributed by atoms with Crippen molar-refractivity contribution in [3.8, 4) is 0 Å². The van der Waals surface area contributed by atoms with E-state index in [1.165, 1.54) is 12.3 Å². The van der Waals surface area contributed by atoms with Gasteiger partial charge in [-0.3, -0.25) is 9.78 Å². The van der Waals surface area contributed by atoms with Gasteiger partial charge in [0.05, 0.1) is 0 Å². The van der Waals surface area contributed by atoms with Crippen molar-refractivity contribution in [3.05, 3.63) is 29.0 Å². The Morgan fingerprint density at radius 3 is 2.55 bits per heavy atom. The molecule has 2 nitrogen and oxygen atoms in total. The summed E-state index contributed by atoms with van der Waals surface area (Å²) < 4.78 is 0. The molecule has 0 saturated heterocycles. The van der Waals surface area contributed by atoms with E-state index in [0.29, 0.717) is 17.0 Å². The monoisotopic (exact) mass is 171 g/mol. The molecule has 3 heteroatoms. The fourth-order valence-electron chi connectivity index (χ4n) is 0.486. The number of halogens is 1. The molecule has 0 aliphatic rings. The Morgan fingerprint density at radius 1 is 1.55 bits per heavy atom. The van der Waals surface area contributed by atoms with Gasteiger partial charge in [0.2, 0.25) is 0 Å². The van der Waals surface area contributed by atoms with Crippen LogP contribution in [-0.2, 0) is 0 Å². The van der Waals surface area contributed by atoms with Crippen LogP contribution in [0.15, 0.2) is 18.3 Å². The van der Waals surface area contributed by atoms with Gasteiger partial charge >= 0.3 is 0 Å². The summed E-state index contributed by atoms with van der Waals surface area (Å²) in [6.07, 6.45) is 2.15. The topological polar surface area (TPSA) is 30.0 Å². The van der Waals surface area contributed by atoms with E-state index in [-0.39, 0.29) is 0 Å². The third-order valence-corrected chi connectivity index (χ3v) is 1.10. The van der Waals surface area contributed by atoms with E-state index in [1.54, 1.807) is 6.07 Å². The van der Waals surface area contributed by atoms with Crippen molar-refractivity contribution in [1.29, 1.82) is 0 Å². The van der Waals surface area contributed by atoms with E-state index in [1.807, 2.05) is 13.8 Å². The standard InChI is InChI=1S/C6H4ClNO.C2H6/c7-5-1-2-8-6(3-5)4-9;1-2/h1-4H;1-2H3. The average molecular weight is 172 g/mol. The summed E-state index contributed by atoms with van der Waals surface area (Å²) in [4.78, 5) is 13.7. The van der Waals surface area contributed by atoms with Crippen LogP contribution in [0.3, 0.4) is 0 Å². The molecule has 11 heavy (non-hydrogen) atoms. The number of carbonyl (C=O) groups is 1. The Labute approximate surface area is 71.2 Å². The lowest BCUT2D eigenvalue weighted by atomic mass is 10.4. The highest BCUT2D eigenvalue weighted by atomic mass is 35.5. The smallest absolute Gasteiger partial charge is 0.168 e. The largest absolute Gasteiger partial charge is 0.296 e. The molecule has 0 aliphatic heterocycles. The molecule has 0 bridgehead atoms. The second-order valence-corrected chi connectivity index (χ2v) is 1.95. The maximum atomic E-state index is 10.0. The predicted molar refractivity (Wildman–Crippen MR) is 46.0 cm³/mol. The minimum absolute atomic E-state index is 0.363.